The normalized spacial score (nSPS) is 11.1. The maximum absolute atomic E-state index is 5.70. The molecule has 16 heavy (non-hydrogen) atoms. The van der Waals surface area contributed by atoms with Gasteiger partial charge in [0.25, 0.3) is 0 Å². The molecule has 0 fully saturated rings. The van der Waals surface area contributed by atoms with Gasteiger partial charge in [-0.3, -0.25) is 0 Å². The maximum atomic E-state index is 5.70. The van der Waals surface area contributed by atoms with Gasteiger partial charge in [0.2, 0.25) is 5.82 Å². The lowest BCUT2D eigenvalue weighted by Crippen LogP contribution is -1.88. The molecule has 0 saturated heterocycles. The molecule has 0 spiro atoms. The topological polar surface area (TPSA) is 43.3 Å². The third kappa shape index (κ3) is 1.52. The molecular weight excluding hydrogens is 293 g/mol. The number of furan rings is 1. The van der Waals surface area contributed by atoms with Crippen molar-refractivity contribution in [1.29, 1.82) is 0 Å². The van der Waals surface area contributed by atoms with Crippen molar-refractivity contribution in [2.24, 2.45) is 0 Å². The lowest BCUT2D eigenvalue weighted by Gasteiger charge is -1.91. The van der Waals surface area contributed by atoms with Crippen LogP contribution in [0.4, 0.5) is 0 Å². The van der Waals surface area contributed by atoms with Gasteiger partial charge in [-0.1, -0.05) is 6.07 Å². The van der Waals surface area contributed by atoms with E-state index in [1.165, 1.54) is 0 Å². The highest BCUT2D eigenvalue weighted by Gasteiger charge is 2.11. The molecule has 6 heteroatoms. The van der Waals surface area contributed by atoms with Crippen LogP contribution in [0, 0.1) is 0 Å². The van der Waals surface area contributed by atoms with Gasteiger partial charge in [0.1, 0.15) is 4.60 Å². The summed E-state index contributed by atoms with van der Waals surface area (Å²) in [4.78, 5) is 4.33. The van der Waals surface area contributed by atoms with Crippen molar-refractivity contribution in [3.8, 4) is 11.6 Å². The van der Waals surface area contributed by atoms with Crippen molar-refractivity contribution in [3.05, 3.63) is 40.2 Å². The molecule has 0 aliphatic rings. The Labute approximate surface area is 104 Å². The van der Waals surface area contributed by atoms with Gasteiger partial charge in [0, 0.05) is 0 Å². The fraction of sp³-hybridized carbons (Fsp3) is 0. The Morgan fingerprint density at radius 3 is 2.81 bits per heavy atom. The standard InChI is InChI=1S/C10H5BrClN3O/c11-7-2-1-3-9-13-10(14-15(7)9)6-4-5-8(12)16-6/h1-5H. The predicted octanol–water partition coefficient (Wildman–Crippen LogP) is 3.41. The second-order valence-electron chi connectivity index (χ2n) is 3.16. The summed E-state index contributed by atoms with van der Waals surface area (Å²) in [6.45, 7) is 0. The summed E-state index contributed by atoms with van der Waals surface area (Å²) < 4.78 is 7.77. The van der Waals surface area contributed by atoms with E-state index in [9.17, 15) is 0 Å². The van der Waals surface area contributed by atoms with Gasteiger partial charge < -0.3 is 4.42 Å². The van der Waals surface area contributed by atoms with Crippen LogP contribution in [0.5, 0.6) is 0 Å². The number of rotatable bonds is 1. The zero-order chi connectivity index (χ0) is 11.1. The molecule has 0 saturated carbocycles. The van der Waals surface area contributed by atoms with Gasteiger partial charge in [-0.2, -0.15) is 0 Å². The van der Waals surface area contributed by atoms with Gasteiger partial charge in [-0.05, 0) is 51.8 Å². The molecule has 3 aromatic rings. The highest BCUT2D eigenvalue weighted by Crippen LogP contribution is 2.23. The number of nitrogens with zero attached hydrogens (tertiary/aromatic N) is 3. The monoisotopic (exact) mass is 297 g/mol. The first-order valence-electron chi connectivity index (χ1n) is 4.51. The Balaban J connectivity index is 2.22. The van der Waals surface area contributed by atoms with Crippen LogP contribution >= 0.6 is 27.5 Å². The van der Waals surface area contributed by atoms with Crippen molar-refractivity contribution in [3.63, 3.8) is 0 Å². The van der Waals surface area contributed by atoms with E-state index in [4.69, 9.17) is 16.0 Å². The number of halogens is 2. The van der Waals surface area contributed by atoms with Crippen molar-refractivity contribution in [2.45, 2.75) is 0 Å². The number of pyridine rings is 1. The SMILES string of the molecule is Clc1ccc(-c2nc3cccc(Br)n3n2)o1. The van der Waals surface area contributed by atoms with E-state index in [0.29, 0.717) is 16.8 Å². The van der Waals surface area contributed by atoms with Crippen LogP contribution < -0.4 is 0 Å². The quantitative estimate of drug-likeness (QED) is 0.647. The van der Waals surface area contributed by atoms with Crippen LogP contribution in [0.15, 0.2) is 39.4 Å². The largest absolute Gasteiger partial charge is 0.441 e. The third-order valence-corrected chi connectivity index (χ3v) is 2.91. The van der Waals surface area contributed by atoms with Crippen LogP contribution in [0.1, 0.15) is 0 Å². The third-order valence-electron chi connectivity index (χ3n) is 2.11. The van der Waals surface area contributed by atoms with Crippen molar-refractivity contribution in [1.82, 2.24) is 14.6 Å². The van der Waals surface area contributed by atoms with Crippen LogP contribution in [0.3, 0.4) is 0 Å². The van der Waals surface area contributed by atoms with Gasteiger partial charge in [-0.15, -0.1) is 5.10 Å². The summed E-state index contributed by atoms with van der Waals surface area (Å²) in [6.07, 6.45) is 0. The minimum absolute atomic E-state index is 0.327. The molecule has 0 atom stereocenters. The summed E-state index contributed by atoms with van der Waals surface area (Å²) in [5.41, 5.74) is 0.747. The molecule has 0 unspecified atom stereocenters. The summed E-state index contributed by atoms with van der Waals surface area (Å²) in [7, 11) is 0. The lowest BCUT2D eigenvalue weighted by molar-refractivity contribution is 0.579. The van der Waals surface area contributed by atoms with Crippen molar-refractivity contribution in [2.75, 3.05) is 0 Å². The molecule has 80 valence electrons. The summed E-state index contributed by atoms with van der Waals surface area (Å²) in [5, 5.41) is 4.63. The molecule has 0 radical (unpaired) electrons. The highest BCUT2D eigenvalue weighted by molar-refractivity contribution is 9.10. The summed E-state index contributed by atoms with van der Waals surface area (Å²) in [5.74, 6) is 1.07. The molecule has 0 amide bonds. The lowest BCUT2D eigenvalue weighted by atomic mass is 10.4. The van der Waals surface area contributed by atoms with Crippen LogP contribution in [0.25, 0.3) is 17.2 Å². The highest BCUT2D eigenvalue weighted by atomic mass is 79.9. The molecule has 0 aliphatic carbocycles. The fourth-order valence-corrected chi connectivity index (χ4v) is 1.97. The molecule has 4 nitrogen and oxygen atoms in total. The Hall–Kier alpha value is -1.33. The van der Waals surface area contributed by atoms with Gasteiger partial charge in [-0.25, -0.2) is 9.50 Å². The smallest absolute Gasteiger partial charge is 0.218 e. The average molecular weight is 299 g/mol. The van der Waals surface area contributed by atoms with Crippen molar-refractivity contribution < 1.29 is 4.42 Å². The summed E-state index contributed by atoms with van der Waals surface area (Å²) >= 11 is 9.09. The second-order valence-corrected chi connectivity index (χ2v) is 4.34. The zero-order valence-corrected chi connectivity index (χ0v) is 10.2. The van der Waals surface area contributed by atoms with E-state index in [1.807, 2.05) is 18.2 Å². The Morgan fingerprint density at radius 2 is 2.12 bits per heavy atom. The van der Waals surface area contributed by atoms with E-state index in [2.05, 4.69) is 26.0 Å². The number of fused-ring (bicyclic) bond motifs is 1. The molecule has 0 aromatic carbocycles. The molecule has 0 aliphatic heterocycles. The van der Waals surface area contributed by atoms with E-state index in [1.54, 1.807) is 16.6 Å². The fourth-order valence-electron chi connectivity index (χ4n) is 1.41. The number of aromatic nitrogens is 3. The average Bonchev–Trinajstić information content (AvgIpc) is 2.84. The van der Waals surface area contributed by atoms with Gasteiger partial charge in [0.05, 0.1) is 0 Å². The Kier molecular flexibility index (Phi) is 2.22. The number of hydrogen-bond donors (Lipinski definition) is 0. The first kappa shape index (κ1) is 9.86. The first-order valence-corrected chi connectivity index (χ1v) is 5.68. The van der Waals surface area contributed by atoms with Crippen molar-refractivity contribution >= 4 is 33.2 Å². The van der Waals surface area contributed by atoms with E-state index in [-0.39, 0.29) is 0 Å². The molecule has 3 heterocycles. The number of hydrogen-bond acceptors (Lipinski definition) is 3. The zero-order valence-electron chi connectivity index (χ0n) is 7.89. The maximum Gasteiger partial charge on any atom is 0.218 e. The van der Waals surface area contributed by atoms with E-state index >= 15 is 0 Å². The molecular formula is C10H5BrClN3O. The Morgan fingerprint density at radius 1 is 1.25 bits per heavy atom. The summed E-state index contributed by atoms with van der Waals surface area (Å²) in [6, 6.07) is 9.06. The molecule has 3 aromatic heterocycles. The molecule has 0 bridgehead atoms. The first-order chi connectivity index (χ1) is 7.74. The minimum atomic E-state index is 0.327. The van der Waals surface area contributed by atoms with Crippen LogP contribution in [0.2, 0.25) is 5.22 Å². The van der Waals surface area contributed by atoms with E-state index < -0.39 is 0 Å². The van der Waals surface area contributed by atoms with Gasteiger partial charge in [0.15, 0.2) is 16.6 Å². The Bertz CT molecular complexity index is 661. The van der Waals surface area contributed by atoms with Crippen LogP contribution in [-0.2, 0) is 0 Å². The molecule has 0 N–H and O–H groups in total. The van der Waals surface area contributed by atoms with Crippen LogP contribution in [-0.4, -0.2) is 14.6 Å². The molecule has 3 rings (SSSR count). The predicted molar refractivity (Wildman–Crippen MR) is 63.4 cm³/mol. The van der Waals surface area contributed by atoms with E-state index in [0.717, 1.165) is 10.3 Å². The minimum Gasteiger partial charge on any atom is -0.441 e. The van der Waals surface area contributed by atoms with Gasteiger partial charge >= 0.3 is 0 Å². The second kappa shape index (κ2) is 3.61.